The average molecular weight is 276 g/mol. The lowest BCUT2D eigenvalue weighted by atomic mass is 10.2. The Labute approximate surface area is 115 Å². The number of nitrogens with zero attached hydrogens (tertiary/aromatic N) is 1. The number of nitrogens with two attached hydrogens (primary N) is 1. The zero-order valence-electron chi connectivity index (χ0n) is 10.8. The van der Waals surface area contributed by atoms with E-state index in [1.807, 2.05) is 0 Å². The number of esters is 1. The second kappa shape index (κ2) is 6.01. The van der Waals surface area contributed by atoms with Crippen molar-refractivity contribution < 1.29 is 18.7 Å². The SMILES string of the molecule is COc1ncccc1COC(=O)c1cc(N)ccc1F. The molecule has 20 heavy (non-hydrogen) atoms. The van der Waals surface area contributed by atoms with Crippen LogP contribution in [0, 0.1) is 5.82 Å². The Balaban J connectivity index is 2.11. The number of carbonyl (C=O) groups is 1. The lowest BCUT2D eigenvalue weighted by Gasteiger charge is -2.08. The van der Waals surface area contributed by atoms with Crippen molar-refractivity contribution in [3.8, 4) is 5.88 Å². The van der Waals surface area contributed by atoms with Gasteiger partial charge in [0.1, 0.15) is 12.4 Å². The third kappa shape index (κ3) is 3.03. The molecule has 104 valence electrons. The highest BCUT2D eigenvalue weighted by atomic mass is 19.1. The van der Waals surface area contributed by atoms with Crippen LogP contribution in [-0.2, 0) is 11.3 Å². The minimum atomic E-state index is -0.791. The molecule has 0 amide bonds. The summed E-state index contributed by atoms with van der Waals surface area (Å²) in [4.78, 5) is 15.8. The van der Waals surface area contributed by atoms with Gasteiger partial charge in [-0.3, -0.25) is 0 Å². The van der Waals surface area contributed by atoms with E-state index in [4.69, 9.17) is 15.2 Å². The summed E-state index contributed by atoms with van der Waals surface area (Å²) in [5.74, 6) is -1.11. The smallest absolute Gasteiger partial charge is 0.341 e. The predicted octanol–water partition coefficient (Wildman–Crippen LogP) is 2.17. The third-order valence-electron chi connectivity index (χ3n) is 2.61. The Kier molecular flexibility index (Phi) is 4.14. The molecule has 0 bridgehead atoms. The number of halogens is 1. The maximum Gasteiger partial charge on any atom is 0.341 e. The number of carbonyl (C=O) groups excluding carboxylic acids is 1. The first-order valence-electron chi connectivity index (χ1n) is 5.82. The van der Waals surface area contributed by atoms with E-state index in [1.165, 1.54) is 19.2 Å². The molecular formula is C14H13FN2O3. The molecule has 2 N–H and O–H groups in total. The second-order valence-electron chi connectivity index (χ2n) is 3.99. The van der Waals surface area contributed by atoms with Gasteiger partial charge in [-0.25, -0.2) is 14.2 Å². The summed E-state index contributed by atoms with van der Waals surface area (Å²) in [6.07, 6.45) is 1.56. The number of ether oxygens (including phenoxy) is 2. The molecule has 6 heteroatoms. The first kappa shape index (κ1) is 13.8. The molecule has 1 heterocycles. The molecule has 0 fully saturated rings. The molecule has 0 spiro atoms. The first-order chi connectivity index (χ1) is 9.61. The molecule has 0 aliphatic carbocycles. The molecule has 0 unspecified atom stereocenters. The van der Waals surface area contributed by atoms with Crippen molar-refractivity contribution >= 4 is 11.7 Å². The minimum Gasteiger partial charge on any atom is -0.481 e. The quantitative estimate of drug-likeness (QED) is 0.684. The van der Waals surface area contributed by atoms with Crippen molar-refractivity contribution in [3.63, 3.8) is 0 Å². The maximum atomic E-state index is 13.5. The van der Waals surface area contributed by atoms with Crippen LogP contribution in [-0.4, -0.2) is 18.1 Å². The van der Waals surface area contributed by atoms with E-state index in [0.717, 1.165) is 6.07 Å². The van der Waals surface area contributed by atoms with Crippen LogP contribution in [0.2, 0.25) is 0 Å². The first-order valence-corrected chi connectivity index (χ1v) is 5.82. The zero-order chi connectivity index (χ0) is 14.5. The van der Waals surface area contributed by atoms with Gasteiger partial charge in [0, 0.05) is 11.9 Å². The van der Waals surface area contributed by atoms with E-state index < -0.39 is 11.8 Å². The molecule has 1 aromatic carbocycles. The topological polar surface area (TPSA) is 74.4 Å². The summed E-state index contributed by atoms with van der Waals surface area (Å²) in [6.45, 7) is -0.0654. The summed E-state index contributed by atoms with van der Waals surface area (Å²) in [5, 5.41) is 0. The lowest BCUT2D eigenvalue weighted by Crippen LogP contribution is -2.09. The fourth-order valence-corrected chi connectivity index (χ4v) is 1.64. The van der Waals surface area contributed by atoms with Crippen molar-refractivity contribution in [1.82, 2.24) is 4.98 Å². The van der Waals surface area contributed by atoms with Crippen LogP contribution in [0.5, 0.6) is 5.88 Å². The van der Waals surface area contributed by atoms with Gasteiger partial charge in [0.2, 0.25) is 5.88 Å². The van der Waals surface area contributed by atoms with E-state index >= 15 is 0 Å². The number of anilines is 1. The van der Waals surface area contributed by atoms with Crippen molar-refractivity contribution in [1.29, 1.82) is 0 Å². The molecule has 0 saturated heterocycles. The predicted molar refractivity (Wildman–Crippen MR) is 70.7 cm³/mol. The van der Waals surface area contributed by atoms with Gasteiger partial charge in [-0.15, -0.1) is 0 Å². The molecule has 0 saturated carbocycles. The van der Waals surface area contributed by atoms with Crippen molar-refractivity contribution in [2.75, 3.05) is 12.8 Å². The van der Waals surface area contributed by atoms with Gasteiger partial charge in [0.05, 0.1) is 18.2 Å². The van der Waals surface area contributed by atoms with Gasteiger partial charge in [0.25, 0.3) is 0 Å². The zero-order valence-corrected chi connectivity index (χ0v) is 10.8. The fourth-order valence-electron chi connectivity index (χ4n) is 1.64. The number of hydrogen-bond acceptors (Lipinski definition) is 5. The summed E-state index contributed by atoms with van der Waals surface area (Å²) >= 11 is 0. The van der Waals surface area contributed by atoms with Gasteiger partial charge in [0.15, 0.2) is 0 Å². The fraction of sp³-hybridized carbons (Fsp3) is 0.143. The Morgan fingerprint density at radius 3 is 2.95 bits per heavy atom. The maximum absolute atomic E-state index is 13.5. The largest absolute Gasteiger partial charge is 0.481 e. The molecule has 0 aliphatic heterocycles. The number of aromatic nitrogens is 1. The number of nitrogen functional groups attached to an aromatic ring is 1. The number of methoxy groups -OCH3 is 1. The molecule has 0 aliphatic rings. The van der Waals surface area contributed by atoms with Crippen LogP contribution in [0.25, 0.3) is 0 Å². The van der Waals surface area contributed by atoms with Crippen molar-refractivity contribution in [2.45, 2.75) is 6.61 Å². The standard InChI is InChI=1S/C14H13FN2O3/c1-19-13-9(3-2-6-17-13)8-20-14(18)11-7-10(16)4-5-12(11)15/h2-7H,8,16H2,1H3. The van der Waals surface area contributed by atoms with Gasteiger partial charge in [-0.2, -0.15) is 0 Å². The molecule has 2 aromatic rings. The molecule has 2 rings (SSSR count). The Bertz CT molecular complexity index is 632. The Hall–Kier alpha value is -2.63. The van der Waals surface area contributed by atoms with Gasteiger partial charge in [-0.05, 0) is 30.3 Å². The number of rotatable bonds is 4. The van der Waals surface area contributed by atoms with E-state index in [2.05, 4.69) is 4.98 Å². The highest BCUT2D eigenvalue weighted by Crippen LogP contribution is 2.17. The minimum absolute atomic E-state index is 0.0654. The van der Waals surface area contributed by atoms with Gasteiger partial charge < -0.3 is 15.2 Å². The molecule has 5 nitrogen and oxygen atoms in total. The van der Waals surface area contributed by atoms with Crippen LogP contribution >= 0.6 is 0 Å². The van der Waals surface area contributed by atoms with Crippen LogP contribution in [0.15, 0.2) is 36.5 Å². The second-order valence-corrected chi connectivity index (χ2v) is 3.99. The summed E-state index contributed by atoms with van der Waals surface area (Å²) in [5.41, 5.74) is 6.19. The molecule has 1 aromatic heterocycles. The highest BCUT2D eigenvalue weighted by molar-refractivity contribution is 5.90. The number of pyridine rings is 1. The summed E-state index contributed by atoms with van der Waals surface area (Å²) in [6, 6.07) is 7.12. The Morgan fingerprint density at radius 2 is 2.20 bits per heavy atom. The molecule has 0 atom stereocenters. The molecular weight excluding hydrogens is 263 g/mol. The van der Waals surface area contributed by atoms with Crippen molar-refractivity contribution in [2.24, 2.45) is 0 Å². The number of hydrogen-bond donors (Lipinski definition) is 1. The van der Waals surface area contributed by atoms with Crippen molar-refractivity contribution in [3.05, 3.63) is 53.5 Å². The average Bonchev–Trinajstić information content (AvgIpc) is 2.47. The van der Waals surface area contributed by atoms with E-state index in [9.17, 15) is 9.18 Å². The molecule has 0 radical (unpaired) electrons. The third-order valence-corrected chi connectivity index (χ3v) is 2.61. The van der Waals surface area contributed by atoms with Gasteiger partial charge >= 0.3 is 5.97 Å². The summed E-state index contributed by atoms with van der Waals surface area (Å²) in [7, 11) is 1.46. The van der Waals surface area contributed by atoms with E-state index in [0.29, 0.717) is 11.4 Å². The normalized spacial score (nSPS) is 10.1. The Morgan fingerprint density at radius 1 is 1.40 bits per heavy atom. The van der Waals surface area contributed by atoms with Crippen LogP contribution in [0.3, 0.4) is 0 Å². The van der Waals surface area contributed by atoms with E-state index in [1.54, 1.807) is 18.3 Å². The van der Waals surface area contributed by atoms with Crippen LogP contribution in [0.4, 0.5) is 10.1 Å². The van der Waals surface area contributed by atoms with E-state index in [-0.39, 0.29) is 17.9 Å². The lowest BCUT2D eigenvalue weighted by molar-refractivity contribution is 0.0464. The number of benzene rings is 1. The van der Waals surface area contributed by atoms with Crippen LogP contribution < -0.4 is 10.5 Å². The monoisotopic (exact) mass is 276 g/mol. The highest BCUT2D eigenvalue weighted by Gasteiger charge is 2.14. The summed E-state index contributed by atoms with van der Waals surface area (Å²) < 4.78 is 23.6. The van der Waals surface area contributed by atoms with Gasteiger partial charge in [-0.1, -0.05) is 0 Å². The van der Waals surface area contributed by atoms with Crippen LogP contribution in [0.1, 0.15) is 15.9 Å².